The number of hydrogen-bond donors (Lipinski definition) is 1. The number of hydrogen-bond acceptors (Lipinski definition) is 4. The Labute approximate surface area is 129 Å². The van der Waals surface area contributed by atoms with Crippen LogP contribution in [0.4, 0.5) is 11.4 Å². The van der Waals surface area contributed by atoms with E-state index in [2.05, 4.69) is 0 Å². The lowest BCUT2D eigenvalue weighted by Crippen LogP contribution is -2.44. The highest BCUT2D eigenvalue weighted by Gasteiger charge is 2.33. The zero-order chi connectivity index (χ0) is 15.7. The molecule has 22 heavy (non-hydrogen) atoms. The minimum atomic E-state index is -0.542. The van der Waals surface area contributed by atoms with Gasteiger partial charge >= 0.3 is 0 Å². The van der Waals surface area contributed by atoms with E-state index in [0.29, 0.717) is 11.5 Å². The zero-order valence-electron chi connectivity index (χ0n) is 12.5. The van der Waals surface area contributed by atoms with Crippen LogP contribution >= 0.6 is 0 Å². The van der Waals surface area contributed by atoms with Crippen molar-refractivity contribution in [2.75, 3.05) is 18.8 Å². The summed E-state index contributed by atoms with van der Waals surface area (Å²) in [5, 5.41) is 11.0. The summed E-state index contributed by atoms with van der Waals surface area (Å²) in [6.45, 7) is 1.53. The van der Waals surface area contributed by atoms with E-state index in [9.17, 15) is 14.9 Å². The number of nitrogens with zero attached hydrogens (tertiary/aromatic N) is 2. The number of nitrogens with two attached hydrogens (primary N) is 1. The molecule has 2 aliphatic rings. The number of fused-ring (bicyclic) bond motifs is 1. The Balaban J connectivity index is 1.76. The van der Waals surface area contributed by atoms with Gasteiger partial charge in [-0.3, -0.25) is 14.9 Å². The molecule has 6 heteroatoms. The van der Waals surface area contributed by atoms with Gasteiger partial charge in [-0.15, -0.1) is 0 Å². The van der Waals surface area contributed by atoms with Gasteiger partial charge in [0.2, 0.25) is 0 Å². The fourth-order valence-electron chi connectivity index (χ4n) is 3.80. The van der Waals surface area contributed by atoms with E-state index >= 15 is 0 Å². The minimum absolute atomic E-state index is 0.0903. The second-order valence-electron chi connectivity index (χ2n) is 6.38. The third kappa shape index (κ3) is 2.77. The molecular weight excluding hydrogens is 282 g/mol. The molecule has 0 aromatic heterocycles. The van der Waals surface area contributed by atoms with Crippen LogP contribution in [-0.2, 0) is 0 Å². The first-order chi connectivity index (χ1) is 10.6. The molecule has 1 aliphatic carbocycles. The Morgan fingerprint density at radius 1 is 1.23 bits per heavy atom. The number of nitro groups is 1. The first-order valence-corrected chi connectivity index (χ1v) is 7.89. The Kier molecular flexibility index (Phi) is 4.00. The number of nitro benzene ring substituents is 1. The third-order valence-corrected chi connectivity index (χ3v) is 5.05. The molecule has 6 nitrogen and oxygen atoms in total. The smallest absolute Gasteiger partial charge is 0.292 e. The van der Waals surface area contributed by atoms with Crippen molar-refractivity contribution in [1.82, 2.24) is 4.90 Å². The summed E-state index contributed by atoms with van der Waals surface area (Å²) in [4.78, 5) is 24.9. The van der Waals surface area contributed by atoms with Gasteiger partial charge in [-0.25, -0.2) is 0 Å². The molecule has 2 atom stereocenters. The molecule has 0 spiro atoms. The van der Waals surface area contributed by atoms with E-state index in [1.54, 1.807) is 6.07 Å². The predicted octanol–water partition coefficient (Wildman–Crippen LogP) is 2.83. The van der Waals surface area contributed by atoms with Crippen molar-refractivity contribution < 1.29 is 9.72 Å². The minimum Gasteiger partial charge on any atom is -0.393 e. The summed E-state index contributed by atoms with van der Waals surface area (Å²) in [7, 11) is 0. The van der Waals surface area contributed by atoms with Gasteiger partial charge in [0.1, 0.15) is 5.69 Å². The van der Waals surface area contributed by atoms with E-state index in [1.807, 2.05) is 4.90 Å². The molecule has 2 N–H and O–H groups in total. The summed E-state index contributed by atoms with van der Waals surface area (Å²) in [6, 6.07) is 4.32. The lowest BCUT2D eigenvalue weighted by atomic mass is 9.75. The van der Waals surface area contributed by atoms with Crippen molar-refractivity contribution in [3.8, 4) is 0 Å². The highest BCUT2D eigenvalue weighted by Crippen LogP contribution is 2.36. The number of piperidine rings is 1. The van der Waals surface area contributed by atoms with Crippen LogP contribution in [0.1, 0.15) is 42.5 Å². The maximum Gasteiger partial charge on any atom is 0.292 e. The number of anilines is 1. The quantitative estimate of drug-likeness (QED) is 0.517. The number of benzene rings is 1. The summed E-state index contributed by atoms with van der Waals surface area (Å²) in [6.07, 6.45) is 6.07. The van der Waals surface area contributed by atoms with Crippen LogP contribution in [0.15, 0.2) is 18.2 Å². The average Bonchev–Trinajstić information content (AvgIpc) is 2.54. The van der Waals surface area contributed by atoms with E-state index in [4.69, 9.17) is 5.73 Å². The predicted molar refractivity (Wildman–Crippen MR) is 83.5 cm³/mol. The molecule has 118 valence electrons. The van der Waals surface area contributed by atoms with Gasteiger partial charge in [0.05, 0.1) is 4.92 Å². The average molecular weight is 303 g/mol. The largest absolute Gasteiger partial charge is 0.393 e. The Morgan fingerprint density at radius 3 is 2.68 bits per heavy atom. The fourth-order valence-corrected chi connectivity index (χ4v) is 3.80. The molecule has 0 unspecified atom stereocenters. The van der Waals surface area contributed by atoms with Crippen molar-refractivity contribution in [3.05, 3.63) is 33.9 Å². The van der Waals surface area contributed by atoms with Crippen LogP contribution in [-0.4, -0.2) is 28.8 Å². The van der Waals surface area contributed by atoms with Gasteiger partial charge in [-0.2, -0.15) is 0 Å². The van der Waals surface area contributed by atoms with Crippen molar-refractivity contribution in [2.45, 2.75) is 32.1 Å². The van der Waals surface area contributed by atoms with Gasteiger partial charge in [0.15, 0.2) is 0 Å². The molecule has 1 aliphatic heterocycles. The first kappa shape index (κ1) is 14.8. The standard InChI is InChI=1S/C16H21N3O3/c17-14-6-5-12(9-15(14)19(21)22)16(20)18-8-7-11-3-1-2-4-13(11)10-18/h5-6,9,11,13H,1-4,7-8,10,17H2/t11-,13+/m0/s1. The van der Waals surface area contributed by atoms with Crippen molar-refractivity contribution >= 4 is 17.3 Å². The fraction of sp³-hybridized carbons (Fsp3) is 0.562. The van der Waals surface area contributed by atoms with Crippen LogP contribution in [0, 0.1) is 22.0 Å². The van der Waals surface area contributed by atoms with Crippen molar-refractivity contribution in [3.63, 3.8) is 0 Å². The number of amides is 1. The number of likely N-dealkylation sites (tertiary alicyclic amines) is 1. The molecule has 1 aromatic rings. The molecule has 1 saturated heterocycles. The molecule has 1 aromatic carbocycles. The van der Waals surface area contributed by atoms with Crippen molar-refractivity contribution in [1.29, 1.82) is 0 Å². The van der Waals surface area contributed by atoms with Crippen LogP contribution in [0.2, 0.25) is 0 Å². The SMILES string of the molecule is Nc1ccc(C(=O)N2CC[C@@H]3CCCC[C@@H]3C2)cc1[N+](=O)[O-]. The zero-order valence-corrected chi connectivity index (χ0v) is 12.5. The Bertz CT molecular complexity index is 602. The van der Waals surface area contributed by atoms with Crippen LogP contribution in [0.25, 0.3) is 0 Å². The molecule has 1 amide bonds. The molecule has 0 bridgehead atoms. The van der Waals surface area contributed by atoms with Gasteiger partial charge in [0.25, 0.3) is 11.6 Å². The number of rotatable bonds is 2. The second kappa shape index (κ2) is 5.94. The van der Waals surface area contributed by atoms with Gasteiger partial charge in [-0.05, 0) is 36.8 Å². The van der Waals surface area contributed by atoms with Crippen LogP contribution in [0.3, 0.4) is 0 Å². The Morgan fingerprint density at radius 2 is 1.95 bits per heavy atom. The summed E-state index contributed by atoms with van der Waals surface area (Å²) in [5.74, 6) is 1.22. The van der Waals surface area contributed by atoms with E-state index in [1.165, 1.54) is 37.8 Å². The number of nitrogen functional groups attached to an aromatic ring is 1. The third-order valence-electron chi connectivity index (χ3n) is 5.05. The van der Waals surface area contributed by atoms with E-state index in [-0.39, 0.29) is 17.3 Å². The lowest BCUT2D eigenvalue weighted by molar-refractivity contribution is -0.383. The highest BCUT2D eigenvalue weighted by atomic mass is 16.6. The van der Waals surface area contributed by atoms with E-state index < -0.39 is 4.92 Å². The molecule has 0 radical (unpaired) electrons. The van der Waals surface area contributed by atoms with Crippen LogP contribution in [0.5, 0.6) is 0 Å². The number of carbonyl (C=O) groups is 1. The maximum atomic E-state index is 12.6. The first-order valence-electron chi connectivity index (χ1n) is 7.89. The molecular formula is C16H21N3O3. The molecule has 3 rings (SSSR count). The lowest BCUT2D eigenvalue weighted by Gasteiger charge is -2.41. The normalized spacial score (nSPS) is 24.6. The summed E-state index contributed by atoms with van der Waals surface area (Å²) < 4.78 is 0. The van der Waals surface area contributed by atoms with Gasteiger partial charge in [0, 0.05) is 24.7 Å². The maximum absolute atomic E-state index is 12.6. The molecule has 1 heterocycles. The highest BCUT2D eigenvalue weighted by molar-refractivity contribution is 5.95. The van der Waals surface area contributed by atoms with Crippen LogP contribution < -0.4 is 5.73 Å². The monoisotopic (exact) mass is 303 g/mol. The Hall–Kier alpha value is -2.11. The summed E-state index contributed by atoms with van der Waals surface area (Å²) in [5.41, 5.74) is 5.84. The van der Waals surface area contributed by atoms with E-state index in [0.717, 1.165) is 25.4 Å². The van der Waals surface area contributed by atoms with Crippen molar-refractivity contribution in [2.24, 2.45) is 11.8 Å². The topological polar surface area (TPSA) is 89.5 Å². The summed E-state index contributed by atoms with van der Waals surface area (Å²) >= 11 is 0. The molecule has 1 saturated carbocycles. The van der Waals surface area contributed by atoms with Gasteiger partial charge < -0.3 is 10.6 Å². The second-order valence-corrected chi connectivity index (χ2v) is 6.38. The molecule has 2 fully saturated rings. The van der Waals surface area contributed by atoms with Gasteiger partial charge in [-0.1, -0.05) is 19.3 Å². The number of carbonyl (C=O) groups excluding carboxylic acids is 1.